The summed E-state index contributed by atoms with van der Waals surface area (Å²) < 4.78 is 5.00. The van der Waals surface area contributed by atoms with Crippen LogP contribution in [0.2, 0.25) is 0 Å². The summed E-state index contributed by atoms with van der Waals surface area (Å²) in [5.41, 5.74) is 5.62. The molecule has 2 aliphatic carbocycles. The van der Waals surface area contributed by atoms with Crippen LogP contribution in [-0.4, -0.2) is 16.3 Å². The number of ether oxygens (including phenoxy) is 1. The van der Waals surface area contributed by atoms with Crippen LogP contribution in [0.1, 0.15) is 164 Å². The molecule has 4 aromatic rings. The van der Waals surface area contributed by atoms with Crippen LogP contribution in [0.4, 0.5) is 5.69 Å². The van der Waals surface area contributed by atoms with Gasteiger partial charge in [-0.15, -0.1) is 5.26 Å². The Morgan fingerprint density at radius 2 is 0.732 bits per heavy atom. The molecule has 56 heavy (non-hydrogen) atoms. The fourth-order valence-electron chi connectivity index (χ4n) is 9.28. The predicted molar refractivity (Wildman–Crippen MR) is 226 cm³/mol. The first-order valence-corrected chi connectivity index (χ1v) is 21.4. The highest BCUT2D eigenvalue weighted by Crippen LogP contribution is 2.45. The molecule has 0 amide bonds. The lowest BCUT2D eigenvalue weighted by Gasteiger charge is -2.36. The Morgan fingerprint density at radius 1 is 0.446 bits per heavy atom. The number of rotatable bonds is 6. The molecule has 6 nitrogen and oxygen atoms in total. The van der Waals surface area contributed by atoms with Crippen LogP contribution in [-0.2, 0) is 15.6 Å². The number of nitriles is 1. The third-order valence-electron chi connectivity index (χ3n) is 12.4. The van der Waals surface area contributed by atoms with Crippen LogP contribution in [0, 0.1) is 11.5 Å². The van der Waals surface area contributed by atoms with Gasteiger partial charge in [0, 0.05) is 10.8 Å². The fraction of sp³-hybridized carbons (Fsp3) is 0.480. The van der Waals surface area contributed by atoms with Gasteiger partial charge in [-0.05, 0) is 96.5 Å². The number of phenols is 2. The molecule has 0 radical (unpaired) electrons. The van der Waals surface area contributed by atoms with E-state index in [2.05, 4.69) is 53.5 Å². The van der Waals surface area contributed by atoms with Crippen molar-refractivity contribution in [3.63, 3.8) is 0 Å². The number of hydrogen-bond donors (Lipinski definition) is 2. The van der Waals surface area contributed by atoms with Crippen molar-refractivity contribution in [3.05, 3.63) is 119 Å². The average Bonchev–Trinajstić information content (AvgIpc) is 3.21. The highest BCUT2D eigenvalue weighted by molar-refractivity contribution is 5.51. The van der Waals surface area contributed by atoms with Crippen LogP contribution in [0.15, 0.2) is 102 Å². The molecule has 0 spiro atoms. The standard InChI is InChI=1S/C26H30N2O2.C24H32O2/c27-20-30-25-16-12-23(13-17-25)26(22-10-14-24(15-11-22)28-21-29)18-8-6-4-2-1-3-5-7-9-19-26;25-22-14-10-20(11-15-22)24(21-12-16-23(26)17-13-21)18-8-6-4-2-1-3-5-7-9-19-24/h10-17H,1-9,18-19H2;10-17,25-26H,1-9,18-19H2. The second-order valence-electron chi connectivity index (χ2n) is 16.1. The van der Waals surface area contributed by atoms with Crippen LogP contribution in [0.25, 0.3) is 0 Å². The van der Waals surface area contributed by atoms with Crippen LogP contribution < -0.4 is 4.74 Å². The number of isocyanates is 1. The molecule has 0 saturated heterocycles. The van der Waals surface area contributed by atoms with Crippen molar-refractivity contribution >= 4 is 11.8 Å². The van der Waals surface area contributed by atoms with Crippen molar-refractivity contribution in [1.82, 2.24) is 0 Å². The van der Waals surface area contributed by atoms with Crippen LogP contribution >= 0.6 is 0 Å². The molecule has 6 heteroatoms. The normalized spacial score (nSPS) is 18.3. The molecule has 0 unspecified atom stereocenters. The van der Waals surface area contributed by atoms with Gasteiger partial charge in [0.1, 0.15) is 17.2 Å². The average molecular weight is 755 g/mol. The third-order valence-corrected chi connectivity index (χ3v) is 12.4. The molecular weight excluding hydrogens is 693 g/mol. The zero-order chi connectivity index (χ0) is 39.3. The van der Waals surface area contributed by atoms with Gasteiger partial charge in [0.15, 0.2) is 0 Å². The molecule has 2 aliphatic rings. The summed E-state index contributed by atoms with van der Waals surface area (Å²) in [6.07, 6.45) is 31.1. The molecule has 0 bridgehead atoms. The van der Waals surface area contributed by atoms with E-state index in [4.69, 9.17) is 10.00 Å². The van der Waals surface area contributed by atoms with Gasteiger partial charge >= 0.3 is 0 Å². The number of benzene rings is 4. The number of aliphatic imine (C=N–C) groups is 1. The van der Waals surface area contributed by atoms with Crippen LogP contribution in [0.3, 0.4) is 0 Å². The first-order valence-electron chi connectivity index (χ1n) is 21.4. The lowest BCUT2D eigenvalue weighted by atomic mass is 9.67. The van der Waals surface area contributed by atoms with Crippen molar-refractivity contribution in [3.8, 4) is 23.5 Å². The topological polar surface area (TPSA) is 103 Å². The van der Waals surface area contributed by atoms with E-state index in [0.717, 1.165) is 25.7 Å². The molecule has 0 aliphatic heterocycles. The SMILES string of the molecule is N#COc1ccc(C2(c3ccc(N=C=O)cc3)CCCCCCCCCCC2)cc1.Oc1ccc(C2(c3ccc(O)cc3)CCCCCCCCCCC2)cc1. The van der Waals surface area contributed by atoms with E-state index in [-0.39, 0.29) is 10.8 Å². The largest absolute Gasteiger partial charge is 0.508 e. The molecule has 4 aromatic carbocycles. The smallest absolute Gasteiger partial charge is 0.292 e. The molecule has 296 valence electrons. The van der Waals surface area contributed by atoms with Gasteiger partial charge in [-0.25, -0.2) is 4.79 Å². The first-order chi connectivity index (χ1) is 27.5. The van der Waals surface area contributed by atoms with Gasteiger partial charge < -0.3 is 14.9 Å². The maximum absolute atomic E-state index is 10.6. The van der Waals surface area contributed by atoms with Crippen molar-refractivity contribution in [2.75, 3.05) is 0 Å². The molecule has 6 rings (SSSR count). The summed E-state index contributed by atoms with van der Waals surface area (Å²) in [5, 5.41) is 28.3. The monoisotopic (exact) mass is 754 g/mol. The van der Waals surface area contributed by atoms with Gasteiger partial charge in [0.25, 0.3) is 6.26 Å². The number of carbonyl (C=O) groups excluding carboxylic acids is 1. The zero-order valence-electron chi connectivity index (χ0n) is 33.4. The molecule has 2 N–H and O–H groups in total. The summed E-state index contributed by atoms with van der Waals surface area (Å²) in [6.45, 7) is 0. The quantitative estimate of drug-likeness (QED) is 0.116. The van der Waals surface area contributed by atoms with E-state index >= 15 is 0 Å². The number of nitrogens with zero attached hydrogens (tertiary/aromatic N) is 2. The second-order valence-corrected chi connectivity index (χ2v) is 16.1. The van der Waals surface area contributed by atoms with Gasteiger partial charge in [0.05, 0.1) is 5.69 Å². The summed E-state index contributed by atoms with van der Waals surface area (Å²) in [5.74, 6) is 1.21. The van der Waals surface area contributed by atoms with Crippen molar-refractivity contribution in [2.45, 2.75) is 152 Å². The van der Waals surface area contributed by atoms with Gasteiger partial charge in [-0.2, -0.15) is 4.99 Å². The number of hydrogen-bond acceptors (Lipinski definition) is 6. The van der Waals surface area contributed by atoms with Gasteiger partial charge in [0.2, 0.25) is 6.08 Å². The summed E-state index contributed by atoms with van der Waals surface area (Å²) in [7, 11) is 0. The Labute approximate surface area is 335 Å². The maximum Gasteiger partial charge on any atom is 0.292 e. The minimum absolute atomic E-state index is 0.0272. The Bertz CT molecular complexity index is 1730. The van der Waals surface area contributed by atoms with Crippen molar-refractivity contribution < 1.29 is 19.7 Å². The predicted octanol–water partition coefficient (Wildman–Crippen LogP) is 13.8. The second kappa shape index (κ2) is 22.6. The molecule has 0 atom stereocenters. The Kier molecular flexibility index (Phi) is 17.1. The number of aromatic hydroxyl groups is 2. The lowest BCUT2D eigenvalue weighted by Crippen LogP contribution is -2.28. The van der Waals surface area contributed by atoms with Crippen molar-refractivity contribution in [2.24, 2.45) is 4.99 Å². The minimum Gasteiger partial charge on any atom is -0.508 e. The van der Waals surface area contributed by atoms with E-state index in [1.165, 1.54) is 138 Å². The van der Waals surface area contributed by atoms with E-state index < -0.39 is 0 Å². The Hall–Kier alpha value is -4.85. The molecule has 2 saturated carbocycles. The van der Waals surface area contributed by atoms with E-state index in [9.17, 15) is 15.0 Å². The zero-order valence-corrected chi connectivity index (χ0v) is 33.4. The molecular formula is C50H62N2O4. The van der Waals surface area contributed by atoms with Crippen LogP contribution in [0.5, 0.6) is 17.2 Å². The Balaban J connectivity index is 0.000000216. The van der Waals surface area contributed by atoms with Gasteiger partial charge in [-0.1, -0.05) is 164 Å². The molecule has 0 heterocycles. The highest BCUT2D eigenvalue weighted by Gasteiger charge is 2.35. The molecule has 0 aromatic heterocycles. The molecule has 2 fully saturated rings. The lowest BCUT2D eigenvalue weighted by molar-refractivity contribution is 0.381. The van der Waals surface area contributed by atoms with E-state index in [0.29, 0.717) is 22.9 Å². The van der Waals surface area contributed by atoms with Gasteiger partial charge in [-0.3, -0.25) is 0 Å². The summed E-state index contributed by atoms with van der Waals surface area (Å²) in [4.78, 5) is 14.4. The summed E-state index contributed by atoms with van der Waals surface area (Å²) in [6, 6.07) is 31.7. The van der Waals surface area contributed by atoms with Crippen molar-refractivity contribution in [1.29, 1.82) is 5.26 Å². The maximum atomic E-state index is 10.6. The first kappa shape index (κ1) is 42.3. The minimum atomic E-state index is -0.0895. The third kappa shape index (κ3) is 12.1. The summed E-state index contributed by atoms with van der Waals surface area (Å²) >= 11 is 0. The number of phenolic OH excluding ortho intramolecular Hbond substituents is 2. The Morgan fingerprint density at radius 3 is 1.04 bits per heavy atom. The van der Waals surface area contributed by atoms with E-state index in [1.807, 2.05) is 48.5 Å². The van der Waals surface area contributed by atoms with E-state index in [1.54, 1.807) is 12.3 Å². The fourth-order valence-corrected chi connectivity index (χ4v) is 9.28. The highest BCUT2D eigenvalue weighted by atomic mass is 16.5.